The van der Waals surface area contributed by atoms with Crippen LogP contribution in [0.15, 0.2) is 24.3 Å². The molecule has 104 valence electrons. The molecular formula is C15H22N2O2. The van der Waals surface area contributed by atoms with Gasteiger partial charge >= 0.3 is 0 Å². The Balaban J connectivity index is 1.80. The molecule has 0 aliphatic carbocycles. The van der Waals surface area contributed by atoms with E-state index in [-0.39, 0.29) is 18.1 Å². The maximum absolute atomic E-state index is 11.9. The summed E-state index contributed by atoms with van der Waals surface area (Å²) in [7, 11) is 2.11. The van der Waals surface area contributed by atoms with Crippen LogP contribution in [0.3, 0.4) is 0 Å². The molecule has 1 unspecified atom stereocenters. The SMILES string of the molecule is CN1CCCCC1CNC(=O)Cc1ccccc1O. The van der Waals surface area contributed by atoms with Crippen molar-refractivity contribution in [1.29, 1.82) is 0 Å². The van der Waals surface area contributed by atoms with Gasteiger partial charge in [-0.1, -0.05) is 24.6 Å². The second-order valence-corrected chi connectivity index (χ2v) is 5.24. The normalized spacial score (nSPS) is 20.2. The lowest BCUT2D eigenvalue weighted by Crippen LogP contribution is -2.44. The fourth-order valence-electron chi connectivity index (χ4n) is 2.53. The number of nitrogens with zero attached hydrogens (tertiary/aromatic N) is 1. The highest BCUT2D eigenvalue weighted by Gasteiger charge is 2.19. The molecule has 1 amide bonds. The van der Waals surface area contributed by atoms with Crippen LogP contribution >= 0.6 is 0 Å². The molecule has 0 radical (unpaired) electrons. The Kier molecular flexibility index (Phi) is 4.80. The molecule has 1 saturated heterocycles. The van der Waals surface area contributed by atoms with Crippen LogP contribution in [0.25, 0.3) is 0 Å². The third-order valence-corrected chi connectivity index (χ3v) is 3.80. The summed E-state index contributed by atoms with van der Waals surface area (Å²) in [6, 6.07) is 7.42. The Morgan fingerprint density at radius 1 is 1.42 bits per heavy atom. The van der Waals surface area contributed by atoms with E-state index in [4.69, 9.17) is 0 Å². The van der Waals surface area contributed by atoms with Gasteiger partial charge in [-0.2, -0.15) is 0 Å². The Hall–Kier alpha value is -1.55. The number of aromatic hydroxyl groups is 1. The fourth-order valence-corrected chi connectivity index (χ4v) is 2.53. The number of benzene rings is 1. The molecule has 0 saturated carbocycles. The van der Waals surface area contributed by atoms with Gasteiger partial charge in [0, 0.05) is 18.2 Å². The average molecular weight is 262 g/mol. The van der Waals surface area contributed by atoms with E-state index in [1.807, 2.05) is 6.07 Å². The quantitative estimate of drug-likeness (QED) is 0.865. The first kappa shape index (κ1) is 13.9. The standard InChI is InChI=1S/C15H22N2O2/c1-17-9-5-4-7-13(17)11-16-15(19)10-12-6-2-3-8-14(12)18/h2-3,6,8,13,18H,4-5,7,9-11H2,1H3,(H,16,19). The lowest BCUT2D eigenvalue weighted by molar-refractivity contribution is -0.120. The topological polar surface area (TPSA) is 52.6 Å². The van der Waals surface area contributed by atoms with Gasteiger partial charge in [-0.3, -0.25) is 4.79 Å². The number of phenols is 1. The van der Waals surface area contributed by atoms with Crippen LogP contribution in [0.4, 0.5) is 0 Å². The van der Waals surface area contributed by atoms with E-state index in [1.165, 1.54) is 12.8 Å². The number of rotatable bonds is 4. The number of carbonyl (C=O) groups excluding carboxylic acids is 1. The summed E-state index contributed by atoms with van der Waals surface area (Å²) >= 11 is 0. The molecule has 1 aromatic carbocycles. The van der Waals surface area contributed by atoms with E-state index < -0.39 is 0 Å². The monoisotopic (exact) mass is 262 g/mol. The summed E-state index contributed by atoms with van der Waals surface area (Å²) < 4.78 is 0. The van der Waals surface area contributed by atoms with E-state index in [2.05, 4.69) is 17.3 Å². The predicted molar refractivity (Wildman–Crippen MR) is 75.1 cm³/mol. The van der Waals surface area contributed by atoms with Gasteiger partial charge in [0.1, 0.15) is 5.75 Å². The Morgan fingerprint density at radius 3 is 2.95 bits per heavy atom. The van der Waals surface area contributed by atoms with Crippen molar-refractivity contribution >= 4 is 5.91 Å². The molecule has 1 fully saturated rings. The molecule has 2 N–H and O–H groups in total. The van der Waals surface area contributed by atoms with E-state index in [9.17, 15) is 9.90 Å². The number of likely N-dealkylation sites (N-methyl/N-ethyl adjacent to an activating group) is 1. The molecule has 4 nitrogen and oxygen atoms in total. The molecule has 1 aliphatic rings. The number of piperidine rings is 1. The first-order valence-electron chi connectivity index (χ1n) is 6.90. The maximum Gasteiger partial charge on any atom is 0.224 e. The van der Waals surface area contributed by atoms with Crippen molar-refractivity contribution in [3.63, 3.8) is 0 Å². The van der Waals surface area contributed by atoms with Crippen molar-refractivity contribution in [3.8, 4) is 5.75 Å². The molecule has 1 aromatic rings. The summed E-state index contributed by atoms with van der Waals surface area (Å²) in [6.45, 7) is 1.81. The number of hydrogen-bond donors (Lipinski definition) is 2. The minimum Gasteiger partial charge on any atom is -0.508 e. The largest absolute Gasteiger partial charge is 0.508 e. The van der Waals surface area contributed by atoms with Gasteiger partial charge in [0.15, 0.2) is 0 Å². The molecule has 19 heavy (non-hydrogen) atoms. The number of hydrogen-bond acceptors (Lipinski definition) is 3. The van der Waals surface area contributed by atoms with Gasteiger partial charge in [-0.15, -0.1) is 0 Å². The minimum absolute atomic E-state index is 0.0273. The van der Waals surface area contributed by atoms with Gasteiger partial charge in [0.25, 0.3) is 0 Å². The predicted octanol–water partition coefficient (Wildman–Crippen LogP) is 1.54. The zero-order valence-corrected chi connectivity index (χ0v) is 11.4. The fraction of sp³-hybridized carbons (Fsp3) is 0.533. The molecule has 0 spiro atoms. The van der Waals surface area contributed by atoms with Gasteiger partial charge < -0.3 is 15.3 Å². The summed E-state index contributed by atoms with van der Waals surface area (Å²) in [5, 5.41) is 12.6. The van der Waals surface area contributed by atoms with Gasteiger partial charge in [0.05, 0.1) is 6.42 Å². The second-order valence-electron chi connectivity index (χ2n) is 5.24. The highest BCUT2D eigenvalue weighted by molar-refractivity contribution is 5.79. The van der Waals surface area contributed by atoms with Crippen LogP contribution in [0.2, 0.25) is 0 Å². The molecule has 1 atom stereocenters. The average Bonchev–Trinajstić information content (AvgIpc) is 2.40. The molecular weight excluding hydrogens is 240 g/mol. The smallest absolute Gasteiger partial charge is 0.224 e. The number of para-hydroxylation sites is 1. The first-order valence-corrected chi connectivity index (χ1v) is 6.90. The van der Waals surface area contributed by atoms with Crippen molar-refractivity contribution in [2.24, 2.45) is 0 Å². The third-order valence-electron chi connectivity index (χ3n) is 3.80. The number of phenolic OH excluding ortho intramolecular Hbond substituents is 1. The lowest BCUT2D eigenvalue weighted by Gasteiger charge is -2.32. The summed E-state index contributed by atoms with van der Waals surface area (Å²) in [6.07, 6.45) is 3.87. The first-order chi connectivity index (χ1) is 9.16. The molecule has 0 bridgehead atoms. The van der Waals surface area contributed by atoms with Crippen molar-refractivity contribution in [3.05, 3.63) is 29.8 Å². The van der Waals surface area contributed by atoms with Crippen LogP contribution in [0, 0.1) is 0 Å². The molecule has 1 aliphatic heterocycles. The summed E-state index contributed by atoms with van der Waals surface area (Å²) in [4.78, 5) is 14.2. The van der Waals surface area contributed by atoms with Crippen molar-refractivity contribution in [2.75, 3.05) is 20.1 Å². The van der Waals surface area contributed by atoms with Crippen molar-refractivity contribution in [2.45, 2.75) is 31.7 Å². The van der Waals surface area contributed by atoms with Crippen LogP contribution < -0.4 is 5.32 Å². The van der Waals surface area contributed by atoms with Gasteiger partial charge in [-0.05, 0) is 32.5 Å². The third kappa shape index (κ3) is 3.96. The highest BCUT2D eigenvalue weighted by Crippen LogP contribution is 2.16. The summed E-state index contributed by atoms with van der Waals surface area (Å²) in [5.74, 6) is 0.160. The highest BCUT2D eigenvalue weighted by atomic mass is 16.3. The number of carbonyl (C=O) groups is 1. The zero-order chi connectivity index (χ0) is 13.7. The van der Waals surface area contributed by atoms with Gasteiger partial charge in [0.2, 0.25) is 5.91 Å². The second kappa shape index (κ2) is 6.57. The van der Waals surface area contributed by atoms with E-state index >= 15 is 0 Å². The Bertz CT molecular complexity index is 434. The van der Waals surface area contributed by atoms with Crippen LogP contribution in [0.5, 0.6) is 5.75 Å². The minimum atomic E-state index is -0.0273. The molecule has 0 aromatic heterocycles. The maximum atomic E-state index is 11.9. The Morgan fingerprint density at radius 2 is 2.21 bits per heavy atom. The van der Waals surface area contributed by atoms with Crippen molar-refractivity contribution in [1.82, 2.24) is 10.2 Å². The van der Waals surface area contributed by atoms with E-state index in [0.29, 0.717) is 18.2 Å². The van der Waals surface area contributed by atoms with E-state index in [1.54, 1.807) is 18.2 Å². The van der Waals surface area contributed by atoms with Crippen LogP contribution in [0.1, 0.15) is 24.8 Å². The Labute approximate surface area is 114 Å². The lowest BCUT2D eigenvalue weighted by atomic mass is 10.0. The number of nitrogens with one attached hydrogen (secondary N) is 1. The zero-order valence-electron chi connectivity index (χ0n) is 11.4. The van der Waals surface area contributed by atoms with Gasteiger partial charge in [-0.25, -0.2) is 0 Å². The molecule has 4 heteroatoms. The van der Waals surface area contributed by atoms with Crippen LogP contribution in [-0.4, -0.2) is 42.1 Å². The van der Waals surface area contributed by atoms with Crippen LogP contribution in [-0.2, 0) is 11.2 Å². The molecule has 2 rings (SSSR count). The molecule has 1 heterocycles. The number of amides is 1. The van der Waals surface area contributed by atoms with Crippen molar-refractivity contribution < 1.29 is 9.90 Å². The van der Waals surface area contributed by atoms with E-state index in [0.717, 1.165) is 13.0 Å². The summed E-state index contributed by atoms with van der Waals surface area (Å²) in [5.41, 5.74) is 0.678. The number of likely N-dealkylation sites (tertiary alicyclic amines) is 1.